The number of esters is 1. The summed E-state index contributed by atoms with van der Waals surface area (Å²) in [5.74, 6) is -1.78. The molecule has 1 unspecified atom stereocenters. The Balaban J connectivity index is 1.56. The van der Waals surface area contributed by atoms with Gasteiger partial charge in [-0.3, -0.25) is 14.4 Å². The third-order valence-electron chi connectivity index (χ3n) is 5.63. The van der Waals surface area contributed by atoms with E-state index in [4.69, 9.17) is 14.2 Å². The Morgan fingerprint density at radius 1 is 1.12 bits per heavy atom. The quantitative estimate of drug-likeness (QED) is 0.323. The Morgan fingerprint density at radius 2 is 1.85 bits per heavy atom. The molecular formula is C28H36N4O8. The van der Waals surface area contributed by atoms with Gasteiger partial charge in [-0.15, -0.1) is 0 Å². The van der Waals surface area contributed by atoms with E-state index in [0.717, 1.165) is 5.56 Å². The van der Waals surface area contributed by atoms with E-state index in [1.807, 2.05) is 0 Å². The Bertz CT molecular complexity index is 1200. The molecule has 1 fully saturated rings. The maximum atomic E-state index is 13.2. The minimum atomic E-state index is -1.76. The normalized spacial score (nSPS) is 16.1. The topological polar surface area (TPSA) is 156 Å². The van der Waals surface area contributed by atoms with Gasteiger partial charge in [-0.1, -0.05) is 18.2 Å². The second-order valence-corrected chi connectivity index (χ2v) is 9.98. The molecule has 2 atom stereocenters. The Labute approximate surface area is 233 Å². The minimum Gasteiger partial charge on any atom is -0.465 e. The second-order valence-electron chi connectivity index (χ2n) is 9.98. The number of nitrogens with one attached hydrogen (secondary N) is 3. The van der Waals surface area contributed by atoms with Crippen molar-refractivity contribution < 1.29 is 38.5 Å². The molecule has 4 N–H and O–H groups in total. The monoisotopic (exact) mass is 556 g/mol. The summed E-state index contributed by atoms with van der Waals surface area (Å²) in [5.41, 5.74) is 1.68. The molecule has 0 spiro atoms. The highest BCUT2D eigenvalue weighted by Gasteiger charge is 2.39. The van der Waals surface area contributed by atoms with Crippen LogP contribution in [0.15, 0.2) is 48.5 Å². The lowest BCUT2D eigenvalue weighted by Gasteiger charge is -2.34. The van der Waals surface area contributed by atoms with Crippen LogP contribution in [-0.2, 0) is 35.1 Å². The summed E-state index contributed by atoms with van der Waals surface area (Å²) in [5, 5.41) is 18.8. The lowest BCUT2D eigenvalue weighted by Crippen LogP contribution is -2.55. The van der Waals surface area contributed by atoms with Gasteiger partial charge >= 0.3 is 12.1 Å². The number of anilines is 3. The molecule has 12 nitrogen and oxygen atoms in total. The van der Waals surface area contributed by atoms with Gasteiger partial charge in [0.05, 0.1) is 13.2 Å². The summed E-state index contributed by atoms with van der Waals surface area (Å²) in [7, 11) is 0. The minimum absolute atomic E-state index is 0.0307. The standard InChI is InChI=1S/C28H36N4O8/c1-5-38-22(33)17-29-20-7-6-8-21(15-20)32-13-14-39-24(26(32)36)23(34)25(35)31-19-11-9-18(10-12-19)16-30-27(37)40-28(2,3)4/h6-12,15,23-24,29,34H,5,13-14,16-17H2,1-4H3,(H,30,37)(H,31,35)/t23-,24?/m1/s1. The van der Waals surface area contributed by atoms with Crippen LogP contribution in [0.4, 0.5) is 21.9 Å². The van der Waals surface area contributed by atoms with Gasteiger partial charge in [-0.05, 0) is 63.6 Å². The number of benzene rings is 2. The van der Waals surface area contributed by atoms with Crippen LogP contribution in [-0.4, -0.2) is 73.1 Å². The third kappa shape index (κ3) is 8.95. The summed E-state index contributed by atoms with van der Waals surface area (Å²) in [4.78, 5) is 50.8. The summed E-state index contributed by atoms with van der Waals surface area (Å²) in [6, 6.07) is 13.5. The van der Waals surface area contributed by atoms with Crippen LogP contribution < -0.4 is 20.9 Å². The van der Waals surface area contributed by atoms with Crippen molar-refractivity contribution >= 4 is 40.9 Å². The van der Waals surface area contributed by atoms with E-state index < -0.39 is 41.7 Å². The zero-order valence-corrected chi connectivity index (χ0v) is 23.1. The van der Waals surface area contributed by atoms with Gasteiger partial charge in [0.15, 0.2) is 12.2 Å². The van der Waals surface area contributed by atoms with Crippen molar-refractivity contribution in [1.82, 2.24) is 5.32 Å². The van der Waals surface area contributed by atoms with E-state index in [9.17, 15) is 24.3 Å². The van der Waals surface area contributed by atoms with Crippen LogP contribution in [0.2, 0.25) is 0 Å². The molecule has 0 radical (unpaired) electrons. The van der Waals surface area contributed by atoms with Gasteiger partial charge in [-0.25, -0.2) is 4.79 Å². The molecule has 0 saturated carbocycles. The Morgan fingerprint density at radius 3 is 2.52 bits per heavy atom. The first-order chi connectivity index (χ1) is 19.0. The molecule has 3 rings (SSSR count). The number of morpholine rings is 1. The first-order valence-electron chi connectivity index (χ1n) is 12.9. The van der Waals surface area contributed by atoms with Gasteiger partial charge in [0.1, 0.15) is 12.1 Å². The third-order valence-corrected chi connectivity index (χ3v) is 5.63. The van der Waals surface area contributed by atoms with Crippen molar-refractivity contribution in [3.05, 3.63) is 54.1 Å². The van der Waals surface area contributed by atoms with Gasteiger partial charge in [0.2, 0.25) is 0 Å². The number of nitrogens with zero attached hydrogens (tertiary/aromatic N) is 1. The number of amides is 3. The van der Waals surface area contributed by atoms with Crippen molar-refractivity contribution in [3.8, 4) is 0 Å². The lowest BCUT2D eigenvalue weighted by atomic mass is 10.1. The molecule has 1 aliphatic heterocycles. The van der Waals surface area contributed by atoms with Gasteiger partial charge in [-0.2, -0.15) is 0 Å². The van der Waals surface area contributed by atoms with E-state index in [2.05, 4.69) is 16.0 Å². The molecule has 1 heterocycles. The fraction of sp³-hybridized carbons (Fsp3) is 0.429. The number of hydrogen-bond donors (Lipinski definition) is 4. The fourth-order valence-electron chi connectivity index (χ4n) is 3.81. The van der Waals surface area contributed by atoms with Crippen molar-refractivity contribution in [2.24, 2.45) is 0 Å². The number of hydrogen-bond acceptors (Lipinski definition) is 9. The number of carbonyl (C=O) groups excluding carboxylic acids is 4. The van der Waals surface area contributed by atoms with E-state index >= 15 is 0 Å². The SMILES string of the molecule is CCOC(=O)CNc1cccc(N2CCOC([C@@H](O)C(=O)Nc3ccc(CNC(=O)OC(C)(C)C)cc3)C2=O)c1. The maximum absolute atomic E-state index is 13.2. The fourth-order valence-corrected chi connectivity index (χ4v) is 3.81. The Hall–Kier alpha value is -4.16. The lowest BCUT2D eigenvalue weighted by molar-refractivity contribution is -0.150. The second kappa shape index (κ2) is 13.8. The summed E-state index contributed by atoms with van der Waals surface area (Å²) in [6.07, 6.45) is -3.70. The maximum Gasteiger partial charge on any atom is 0.407 e. The molecule has 1 saturated heterocycles. The number of alkyl carbamates (subject to hydrolysis) is 1. The molecule has 216 valence electrons. The smallest absolute Gasteiger partial charge is 0.407 e. The highest BCUT2D eigenvalue weighted by atomic mass is 16.6. The van der Waals surface area contributed by atoms with Crippen LogP contribution >= 0.6 is 0 Å². The van der Waals surface area contributed by atoms with Crippen LogP contribution in [0.25, 0.3) is 0 Å². The van der Waals surface area contributed by atoms with E-state index in [1.165, 1.54) is 4.90 Å². The largest absolute Gasteiger partial charge is 0.465 e. The average molecular weight is 557 g/mol. The van der Waals surface area contributed by atoms with Crippen LogP contribution in [0.3, 0.4) is 0 Å². The van der Waals surface area contributed by atoms with E-state index in [-0.39, 0.29) is 32.8 Å². The molecule has 0 aliphatic carbocycles. The highest BCUT2D eigenvalue weighted by molar-refractivity contribution is 6.04. The van der Waals surface area contributed by atoms with Crippen LogP contribution in [0.1, 0.15) is 33.3 Å². The number of aliphatic hydroxyl groups excluding tert-OH is 1. The summed E-state index contributed by atoms with van der Waals surface area (Å²) >= 11 is 0. The van der Waals surface area contributed by atoms with Crippen molar-refractivity contribution in [3.63, 3.8) is 0 Å². The molecule has 12 heteroatoms. The number of ether oxygens (including phenoxy) is 3. The first kappa shape index (κ1) is 30.4. The molecular weight excluding hydrogens is 520 g/mol. The summed E-state index contributed by atoms with van der Waals surface area (Å²) in [6.45, 7) is 7.85. The molecule has 2 aromatic rings. The summed E-state index contributed by atoms with van der Waals surface area (Å²) < 4.78 is 15.6. The predicted octanol–water partition coefficient (Wildman–Crippen LogP) is 2.42. The molecule has 3 amide bonds. The molecule has 1 aliphatic rings. The number of carbonyl (C=O) groups is 4. The van der Waals surface area contributed by atoms with Crippen molar-refractivity contribution in [1.29, 1.82) is 0 Å². The molecule has 40 heavy (non-hydrogen) atoms. The van der Waals surface area contributed by atoms with Gasteiger partial charge < -0.3 is 40.2 Å². The van der Waals surface area contributed by atoms with Crippen LogP contribution in [0, 0.1) is 0 Å². The Kier molecular flexibility index (Phi) is 10.5. The van der Waals surface area contributed by atoms with Crippen molar-refractivity contribution in [2.75, 3.05) is 41.8 Å². The van der Waals surface area contributed by atoms with E-state index in [0.29, 0.717) is 17.1 Å². The van der Waals surface area contributed by atoms with Gasteiger partial charge in [0, 0.05) is 30.2 Å². The first-order valence-corrected chi connectivity index (χ1v) is 12.9. The average Bonchev–Trinajstić information content (AvgIpc) is 2.90. The highest BCUT2D eigenvalue weighted by Crippen LogP contribution is 2.24. The van der Waals surface area contributed by atoms with Crippen molar-refractivity contribution in [2.45, 2.75) is 52.0 Å². The molecule has 2 aromatic carbocycles. The predicted molar refractivity (Wildman–Crippen MR) is 148 cm³/mol. The number of rotatable bonds is 10. The van der Waals surface area contributed by atoms with Crippen LogP contribution in [0.5, 0.6) is 0 Å². The zero-order valence-electron chi connectivity index (χ0n) is 23.1. The molecule has 0 bridgehead atoms. The molecule has 0 aromatic heterocycles. The number of aliphatic hydroxyl groups is 1. The van der Waals surface area contributed by atoms with E-state index in [1.54, 1.807) is 76.2 Å². The van der Waals surface area contributed by atoms with Gasteiger partial charge in [0.25, 0.3) is 11.8 Å². The zero-order chi connectivity index (χ0) is 29.3.